The molecule has 44 heavy (non-hydrogen) atoms. The van der Waals surface area contributed by atoms with Crippen LogP contribution in [-0.2, 0) is 28.7 Å². The fourth-order valence-corrected chi connectivity index (χ4v) is 5.05. The van der Waals surface area contributed by atoms with Crippen molar-refractivity contribution in [1.82, 2.24) is 16.0 Å². The molecule has 0 aliphatic heterocycles. The van der Waals surface area contributed by atoms with Gasteiger partial charge in [0.25, 0.3) is 0 Å². The lowest BCUT2D eigenvalue weighted by Crippen LogP contribution is -2.53. The summed E-state index contributed by atoms with van der Waals surface area (Å²) in [5.74, 6) is -3.41. The van der Waals surface area contributed by atoms with Gasteiger partial charge in [0.1, 0.15) is 24.3 Å². The summed E-state index contributed by atoms with van der Waals surface area (Å²) < 4.78 is 10.8. The molecule has 2 aromatic rings. The Labute approximate surface area is 258 Å². The topological polar surface area (TPSA) is 160 Å². The van der Waals surface area contributed by atoms with Gasteiger partial charge in [-0.25, -0.2) is 9.59 Å². The third kappa shape index (κ3) is 9.82. The maximum absolute atomic E-state index is 12.9. The van der Waals surface area contributed by atoms with Crippen LogP contribution in [0, 0.1) is 5.92 Å². The average molecular weight is 610 g/mol. The zero-order valence-electron chi connectivity index (χ0n) is 26.0. The number of hydrogen-bond donors (Lipinski definition) is 4. The fourth-order valence-electron chi connectivity index (χ4n) is 5.05. The molecule has 2 atom stereocenters. The fraction of sp³-hybridized carbons (Fsp3) is 0.485. The van der Waals surface area contributed by atoms with E-state index in [1.165, 1.54) is 0 Å². The molecule has 4 N–H and O–H groups in total. The van der Waals surface area contributed by atoms with Crippen LogP contribution >= 0.6 is 0 Å². The number of carbonyl (C=O) groups excluding carboxylic acids is 4. The minimum absolute atomic E-state index is 0.0214. The lowest BCUT2D eigenvalue weighted by atomic mass is 9.98. The second-order valence-corrected chi connectivity index (χ2v) is 12.2. The number of carbonyl (C=O) groups is 5. The molecule has 0 saturated carbocycles. The van der Waals surface area contributed by atoms with Crippen LogP contribution < -0.4 is 16.0 Å². The standard InChI is InChI=1S/C33H43N3O8/c1-20(2)29(31(40)41)36-30(39)26(16-17-28(38)44-33(3,4)5)35-27(37)15-10-18-34-32(42)43-19-25-23-13-8-6-11-21(23)22-12-7-9-14-24(22)25/h6-9,11-14,20,25-26,29H,10,15-19H2,1-5H3,(H,34,42)(H,35,37)(H,36,39)(H,40,41)/t26-,29-/m0/s1. The third-order valence-electron chi connectivity index (χ3n) is 7.13. The van der Waals surface area contributed by atoms with Crippen molar-refractivity contribution in [3.05, 3.63) is 59.7 Å². The van der Waals surface area contributed by atoms with Gasteiger partial charge in [-0.3, -0.25) is 14.4 Å². The number of aliphatic carboxylic acids is 1. The van der Waals surface area contributed by atoms with E-state index in [9.17, 15) is 29.1 Å². The normalized spacial score (nSPS) is 13.7. The average Bonchev–Trinajstić information content (AvgIpc) is 3.27. The molecule has 1 aliphatic rings. The van der Waals surface area contributed by atoms with Crippen LogP contribution in [0.2, 0.25) is 0 Å². The Balaban J connectivity index is 1.48. The SMILES string of the molecule is CC(C)[C@H](NC(=O)[C@H](CCC(=O)OC(C)(C)C)NC(=O)CCCNC(=O)OCC1c2ccccc2-c2ccccc21)C(=O)O. The first kappa shape index (κ1) is 34.1. The Morgan fingerprint density at radius 1 is 0.886 bits per heavy atom. The van der Waals surface area contributed by atoms with Crippen molar-refractivity contribution in [2.45, 2.75) is 83.9 Å². The van der Waals surface area contributed by atoms with E-state index in [-0.39, 0.29) is 44.8 Å². The lowest BCUT2D eigenvalue weighted by Gasteiger charge is -2.24. The van der Waals surface area contributed by atoms with Crippen LogP contribution in [0.4, 0.5) is 4.79 Å². The van der Waals surface area contributed by atoms with Gasteiger partial charge in [-0.05, 0) is 61.8 Å². The van der Waals surface area contributed by atoms with Crippen molar-refractivity contribution < 1.29 is 38.6 Å². The molecular formula is C33H43N3O8. The molecular weight excluding hydrogens is 566 g/mol. The second-order valence-electron chi connectivity index (χ2n) is 12.2. The molecule has 3 rings (SSSR count). The van der Waals surface area contributed by atoms with Crippen molar-refractivity contribution >= 4 is 29.8 Å². The van der Waals surface area contributed by atoms with Gasteiger partial charge in [-0.15, -0.1) is 0 Å². The largest absolute Gasteiger partial charge is 0.480 e. The van der Waals surface area contributed by atoms with Gasteiger partial charge < -0.3 is 30.5 Å². The summed E-state index contributed by atoms with van der Waals surface area (Å²) in [5, 5.41) is 17.1. The van der Waals surface area contributed by atoms with Crippen LogP contribution in [0.3, 0.4) is 0 Å². The van der Waals surface area contributed by atoms with Gasteiger partial charge in [0.15, 0.2) is 0 Å². The van der Waals surface area contributed by atoms with E-state index in [1.54, 1.807) is 34.6 Å². The van der Waals surface area contributed by atoms with Crippen LogP contribution in [0.5, 0.6) is 0 Å². The Hall–Kier alpha value is -4.41. The third-order valence-corrected chi connectivity index (χ3v) is 7.13. The number of hydrogen-bond acceptors (Lipinski definition) is 7. The van der Waals surface area contributed by atoms with E-state index in [0.717, 1.165) is 22.3 Å². The molecule has 0 heterocycles. The van der Waals surface area contributed by atoms with Crippen LogP contribution in [-0.4, -0.2) is 65.8 Å². The van der Waals surface area contributed by atoms with Crippen LogP contribution in [0.1, 0.15) is 77.3 Å². The first-order valence-corrected chi connectivity index (χ1v) is 14.9. The first-order valence-electron chi connectivity index (χ1n) is 14.9. The molecule has 0 spiro atoms. The number of fused-ring (bicyclic) bond motifs is 3. The summed E-state index contributed by atoms with van der Waals surface area (Å²) in [4.78, 5) is 61.9. The van der Waals surface area contributed by atoms with Gasteiger partial charge in [-0.2, -0.15) is 0 Å². The highest BCUT2D eigenvalue weighted by Crippen LogP contribution is 2.44. The molecule has 0 saturated heterocycles. The maximum Gasteiger partial charge on any atom is 0.407 e. The van der Waals surface area contributed by atoms with E-state index < -0.39 is 53.4 Å². The lowest BCUT2D eigenvalue weighted by molar-refractivity contribution is -0.155. The monoisotopic (exact) mass is 609 g/mol. The van der Waals surface area contributed by atoms with Crippen LogP contribution in [0.15, 0.2) is 48.5 Å². The van der Waals surface area contributed by atoms with Crippen molar-refractivity contribution in [2.75, 3.05) is 13.2 Å². The van der Waals surface area contributed by atoms with Gasteiger partial charge >= 0.3 is 18.0 Å². The van der Waals surface area contributed by atoms with Crippen molar-refractivity contribution in [1.29, 1.82) is 0 Å². The number of amides is 3. The second kappa shape index (κ2) is 15.4. The van der Waals surface area contributed by atoms with Gasteiger partial charge in [0, 0.05) is 25.3 Å². The Kier molecular flexibility index (Phi) is 11.9. The molecule has 0 radical (unpaired) electrons. The Bertz CT molecular complexity index is 1310. The van der Waals surface area contributed by atoms with Gasteiger partial charge in [-0.1, -0.05) is 62.4 Å². The van der Waals surface area contributed by atoms with Crippen LogP contribution in [0.25, 0.3) is 11.1 Å². The van der Waals surface area contributed by atoms with Gasteiger partial charge in [0.2, 0.25) is 11.8 Å². The number of carboxylic acids is 1. The number of rotatable bonds is 14. The molecule has 3 amide bonds. The molecule has 238 valence electrons. The van der Waals surface area contributed by atoms with E-state index in [2.05, 4.69) is 28.1 Å². The summed E-state index contributed by atoms with van der Waals surface area (Å²) >= 11 is 0. The Morgan fingerprint density at radius 2 is 1.48 bits per heavy atom. The number of nitrogens with one attached hydrogen (secondary N) is 3. The number of carboxylic acid groups (broad SMARTS) is 1. The highest BCUT2D eigenvalue weighted by Gasteiger charge is 2.30. The summed E-state index contributed by atoms with van der Waals surface area (Å²) in [6.07, 6.45) is -0.588. The number of benzene rings is 2. The molecule has 2 aromatic carbocycles. The van der Waals surface area contributed by atoms with E-state index in [4.69, 9.17) is 9.47 Å². The minimum Gasteiger partial charge on any atom is -0.480 e. The van der Waals surface area contributed by atoms with E-state index in [0.29, 0.717) is 0 Å². The molecule has 0 unspecified atom stereocenters. The molecule has 0 fully saturated rings. The Morgan fingerprint density at radius 3 is 2.02 bits per heavy atom. The van der Waals surface area contributed by atoms with E-state index in [1.807, 2.05) is 36.4 Å². The number of esters is 1. The quantitative estimate of drug-likeness (QED) is 0.184. The summed E-state index contributed by atoms with van der Waals surface area (Å²) in [6.45, 7) is 8.78. The minimum atomic E-state index is -1.20. The zero-order valence-corrected chi connectivity index (χ0v) is 26.0. The highest BCUT2D eigenvalue weighted by atomic mass is 16.6. The van der Waals surface area contributed by atoms with Gasteiger partial charge in [0.05, 0.1) is 0 Å². The van der Waals surface area contributed by atoms with Crippen molar-refractivity contribution in [3.8, 4) is 11.1 Å². The highest BCUT2D eigenvalue weighted by molar-refractivity contribution is 5.91. The van der Waals surface area contributed by atoms with E-state index >= 15 is 0 Å². The first-order chi connectivity index (χ1) is 20.8. The zero-order chi connectivity index (χ0) is 32.4. The number of ether oxygens (including phenoxy) is 2. The molecule has 11 heteroatoms. The smallest absolute Gasteiger partial charge is 0.407 e. The molecule has 0 bridgehead atoms. The predicted octanol–water partition coefficient (Wildman–Crippen LogP) is 4.14. The predicted molar refractivity (Wildman–Crippen MR) is 164 cm³/mol. The molecule has 0 aromatic heterocycles. The summed E-state index contributed by atoms with van der Waals surface area (Å²) in [7, 11) is 0. The van der Waals surface area contributed by atoms with Crippen molar-refractivity contribution in [3.63, 3.8) is 0 Å². The number of alkyl carbamates (subject to hydrolysis) is 1. The summed E-state index contributed by atoms with van der Waals surface area (Å²) in [5.41, 5.74) is 3.75. The van der Waals surface area contributed by atoms with Crippen molar-refractivity contribution in [2.24, 2.45) is 5.92 Å². The molecule has 11 nitrogen and oxygen atoms in total. The molecule has 1 aliphatic carbocycles. The maximum atomic E-state index is 12.9. The summed E-state index contributed by atoms with van der Waals surface area (Å²) in [6, 6.07) is 13.8.